The van der Waals surface area contributed by atoms with Crippen molar-refractivity contribution in [3.63, 3.8) is 0 Å². The van der Waals surface area contributed by atoms with Gasteiger partial charge in [0.15, 0.2) is 0 Å². The van der Waals surface area contributed by atoms with Gasteiger partial charge in [0, 0.05) is 12.2 Å². The molecule has 0 spiro atoms. The molecule has 0 fully saturated rings. The molecule has 0 aliphatic rings. The Morgan fingerprint density at radius 1 is 0.914 bits per heavy atom. The summed E-state index contributed by atoms with van der Waals surface area (Å²) >= 11 is 0. The van der Waals surface area contributed by atoms with Crippen molar-refractivity contribution < 1.29 is 22.7 Å². The maximum absolute atomic E-state index is 13.8. The normalized spacial score (nSPS) is 11.3. The van der Waals surface area contributed by atoms with Crippen LogP contribution in [0.1, 0.15) is 39.5 Å². The summed E-state index contributed by atoms with van der Waals surface area (Å²) in [4.78, 5) is 25.0. The Kier molecular flexibility index (Phi) is 8.43. The van der Waals surface area contributed by atoms with E-state index in [9.17, 15) is 18.0 Å². The van der Waals surface area contributed by atoms with Crippen molar-refractivity contribution in [1.82, 2.24) is 4.31 Å². The van der Waals surface area contributed by atoms with E-state index in [4.69, 9.17) is 4.74 Å². The van der Waals surface area contributed by atoms with Crippen LogP contribution in [-0.2, 0) is 26.1 Å². The van der Waals surface area contributed by atoms with Gasteiger partial charge in [-0.15, -0.1) is 0 Å². The second kappa shape index (κ2) is 11.3. The minimum absolute atomic E-state index is 0.0468. The van der Waals surface area contributed by atoms with Gasteiger partial charge in [-0.05, 0) is 68.7 Å². The number of rotatable bonds is 9. The third-order valence-electron chi connectivity index (χ3n) is 5.40. The lowest BCUT2D eigenvalue weighted by Crippen LogP contribution is -2.38. The van der Waals surface area contributed by atoms with E-state index < -0.39 is 21.9 Å². The Balaban J connectivity index is 1.86. The minimum atomic E-state index is -3.98. The second-order valence-electron chi connectivity index (χ2n) is 8.33. The first-order valence-electron chi connectivity index (χ1n) is 11.3. The van der Waals surface area contributed by atoms with Crippen molar-refractivity contribution in [3.8, 4) is 0 Å². The zero-order chi connectivity index (χ0) is 25.6. The molecule has 7 nitrogen and oxygen atoms in total. The number of esters is 1. The SMILES string of the molecule is CCOC(=O)c1ccc(NC(=O)CN(Cc2ccccc2)S(=O)(=O)c2c(C)cc(C)cc2C)cc1. The Hall–Kier alpha value is -3.49. The van der Waals surface area contributed by atoms with E-state index in [2.05, 4.69) is 5.32 Å². The highest BCUT2D eigenvalue weighted by Crippen LogP contribution is 2.26. The van der Waals surface area contributed by atoms with Crippen LogP contribution in [0.5, 0.6) is 0 Å². The van der Waals surface area contributed by atoms with Gasteiger partial charge in [0.2, 0.25) is 15.9 Å². The molecule has 0 aliphatic carbocycles. The molecular formula is C27H30N2O5S. The van der Waals surface area contributed by atoms with Crippen molar-refractivity contribution in [2.45, 2.75) is 39.1 Å². The lowest BCUT2D eigenvalue weighted by atomic mass is 10.1. The van der Waals surface area contributed by atoms with Crippen LogP contribution in [0.2, 0.25) is 0 Å². The van der Waals surface area contributed by atoms with E-state index in [-0.39, 0.29) is 24.6 Å². The summed E-state index contributed by atoms with van der Waals surface area (Å²) in [6, 6.07) is 19.0. The molecule has 0 heterocycles. The highest BCUT2D eigenvalue weighted by Gasteiger charge is 2.30. The van der Waals surface area contributed by atoms with Crippen LogP contribution in [0.25, 0.3) is 0 Å². The van der Waals surface area contributed by atoms with E-state index >= 15 is 0 Å². The van der Waals surface area contributed by atoms with Gasteiger partial charge in [0.05, 0.1) is 23.6 Å². The molecule has 0 atom stereocenters. The molecule has 35 heavy (non-hydrogen) atoms. The first-order chi connectivity index (χ1) is 16.6. The predicted molar refractivity (Wildman–Crippen MR) is 136 cm³/mol. The van der Waals surface area contributed by atoms with Crippen LogP contribution in [0, 0.1) is 20.8 Å². The van der Waals surface area contributed by atoms with Crippen molar-refractivity contribution in [1.29, 1.82) is 0 Å². The third-order valence-corrected chi connectivity index (χ3v) is 7.50. The predicted octanol–water partition coefficient (Wildman–Crippen LogP) is 4.62. The Morgan fingerprint density at radius 3 is 2.09 bits per heavy atom. The van der Waals surface area contributed by atoms with Crippen molar-refractivity contribution in [3.05, 3.63) is 94.5 Å². The summed E-state index contributed by atoms with van der Waals surface area (Å²) in [5.41, 5.74) is 3.82. The molecule has 0 saturated heterocycles. The molecule has 0 aliphatic heterocycles. The van der Waals surface area contributed by atoms with Gasteiger partial charge in [-0.25, -0.2) is 13.2 Å². The zero-order valence-corrected chi connectivity index (χ0v) is 21.2. The summed E-state index contributed by atoms with van der Waals surface area (Å²) in [5.74, 6) is -0.940. The third kappa shape index (κ3) is 6.55. The summed E-state index contributed by atoms with van der Waals surface area (Å²) in [7, 11) is -3.98. The van der Waals surface area contributed by atoms with E-state index in [1.807, 2.05) is 49.4 Å². The number of nitrogens with one attached hydrogen (secondary N) is 1. The number of hydrogen-bond donors (Lipinski definition) is 1. The number of carbonyl (C=O) groups is 2. The number of aryl methyl sites for hydroxylation is 3. The smallest absolute Gasteiger partial charge is 0.338 e. The molecule has 0 saturated carbocycles. The highest BCUT2D eigenvalue weighted by molar-refractivity contribution is 7.89. The van der Waals surface area contributed by atoms with Crippen LogP contribution in [0.4, 0.5) is 5.69 Å². The minimum Gasteiger partial charge on any atom is -0.462 e. The average molecular weight is 495 g/mol. The van der Waals surface area contributed by atoms with Crippen LogP contribution >= 0.6 is 0 Å². The molecule has 3 rings (SSSR count). The molecule has 1 amide bonds. The molecule has 8 heteroatoms. The van der Waals surface area contributed by atoms with Gasteiger partial charge in [0.1, 0.15) is 0 Å². The molecule has 3 aromatic rings. The number of benzene rings is 3. The van der Waals surface area contributed by atoms with E-state index in [0.717, 1.165) is 11.1 Å². The maximum atomic E-state index is 13.8. The van der Waals surface area contributed by atoms with Crippen molar-refractivity contribution in [2.24, 2.45) is 0 Å². The fraction of sp³-hybridized carbons (Fsp3) is 0.259. The Morgan fingerprint density at radius 2 is 1.51 bits per heavy atom. The summed E-state index contributed by atoms with van der Waals surface area (Å²) in [6.07, 6.45) is 0. The fourth-order valence-corrected chi connectivity index (χ4v) is 5.78. The maximum Gasteiger partial charge on any atom is 0.338 e. The van der Waals surface area contributed by atoms with Crippen LogP contribution in [0.3, 0.4) is 0 Å². The molecule has 0 bridgehead atoms. The molecule has 0 unspecified atom stereocenters. The Bertz CT molecular complexity index is 1280. The topological polar surface area (TPSA) is 92.8 Å². The summed E-state index contributed by atoms with van der Waals surface area (Å²) in [6.45, 7) is 7.11. The number of ether oxygens (including phenoxy) is 1. The zero-order valence-electron chi connectivity index (χ0n) is 20.4. The average Bonchev–Trinajstić information content (AvgIpc) is 2.79. The van der Waals surface area contributed by atoms with Crippen molar-refractivity contribution in [2.75, 3.05) is 18.5 Å². The van der Waals surface area contributed by atoms with Gasteiger partial charge < -0.3 is 10.1 Å². The lowest BCUT2D eigenvalue weighted by Gasteiger charge is -2.24. The number of anilines is 1. The monoisotopic (exact) mass is 494 g/mol. The molecule has 184 valence electrons. The standard InChI is InChI=1S/C27H30N2O5S/c1-5-34-27(31)23-11-13-24(14-12-23)28-25(30)18-29(17-22-9-7-6-8-10-22)35(32,33)26-20(3)15-19(2)16-21(26)4/h6-16H,5,17-18H2,1-4H3,(H,28,30). The van der Waals surface area contributed by atoms with Crippen LogP contribution in [-0.4, -0.2) is 37.8 Å². The van der Waals surface area contributed by atoms with E-state index in [1.165, 1.54) is 4.31 Å². The number of nitrogens with zero attached hydrogens (tertiary/aromatic N) is 1. The Labute approximate surface area is 206 Å². The van der Waals surface area contributed by atoms with E-state index in [1.54, 1.807) is 45.0 Å². The fourth-order valence-electron chi connectivity index (χ4n) is 3.98. The molecule has 0 aromatic heterocycles. The van der Waals surface area contributed by atoms with Crippen molar-refractivity contribution >= 4 is 27.6 Å². The molecule has 0 radical (unpaired) electrons. The second-order valence-corrected chi connectivity index (χ2v) is 10.2. The molecular weight excluding hydrogens is 464 g/mol. The lowest BCUT2D eigenvalue weighted by molar-refractivity contribution is -0.116. The summed E-state index contributed by atoms with van der Waals surface area (Å²) < 4.78 is 33.7. The van der Waals surface area contributed by atoms with Gasteiger partial charge in [0.25, 0.3) is 0 Å². The number of sulfonamides is 1. The van der Waals surface area contributed by atoms with Gasteiger partial charge in [-0.1, -0.05) is 48.0 Å². The number of carbonyl (C=O) groups excluding carboxylic acids is 2. The molecule has 1 N–H and O–H groups in total. The number of amides is 1. The quantitative estimate of drug-likeness (QED) is 0.438. The number of hydrogen-bond acceptors (Lipinski definition) is 5. The van der Waals surface area contributed by atoms with Crippen LogP contribution < -0.4 is 5.32 Å². The highest BCUT2D eigenvalue weighted by atomic mass is 32.2. The van der Waals surface area contributed by atoms with Gasteiger partial charge >= 0.3 is 5.97 Å². The van der Waals surface area contributed by atoms with Crippen LogP contribution in [0.15, 0.2) is 71.6 Å². The first-order valence-corrected chi connectivity index (χ1v) is 12.7. The summed E-state index contributed by atoms with van der Waals surface area (Å²) in [5, 5.41) is 2.72. The first kappa shape index (κ1) is 26.1. The van der Waals surface area contributed by atoms with Gasteiger partial charge in [-0.3, -0.25) is 4.79 Å². The van der Waals surface area contributed by atoms with Gasteiger partial charge in [-0.2, -0.15) is 4.31 Å². The van der Waals surface area contributed by atoms with E-state index in [0.29, 0.717) is 22.4 Å². The molecule has 3 aromatic carbocycles. The largest absolute Gasteiger partial charge is 0.462 e.